The molecule has 1 aliphatic rings. The summed E-state index contributed by atoms with van der Waals surface area (Å²) in [5, 5.41) is 2.73. The topological polar surface area (TPSA) is 105 Å². The van der Waals surface area contributed by atoms with E-state index in [0.29, 0.717) is 24.7 Å². The van der Waals surface area contributed by atoms with Crippen molar-refractivity contribution in [1.82, 2.24) is 15.3 Å². The van der Waals surface area contributed by atoms with Crippen LogP contribution >= 0.6 is 0 Å². The highest BCUT2D eigenvalue weighted by Crippen LogP contribution is 2.21. The van der Waals surface area contributed by atoms with E-state index >= 15 is 0 Å². The molecule has 134 valence electrons. The molecule has 0 radical (unpaired) electrons. The van der Waals surface area contributed by atoms with Crippen LogP contribution in [0.5, 0.6) is 0 Å². The summed E-state index contributed by atoms with van der Waals surface area (Å²) < 4.78 is 28.6. The summed E-state index contributed by atoms with van der Waals surface area (Å²) in [6.45, 7) is 2.75. The molecule has 2 aromatic rings. The maximum absolute atomic E-state index is 12.3. The number of furan rings is 1. The van der Waals surface area contributed by atoms with Gasteiger partial charge < -0.3 is 14.6 Å². The SMILES string of the molecule is CCN(c1nccc(C(=O)NCc2ccco2)n1)C1CCS(=O)(=O)C1. The molecule has 0 spiro atoms. The van der Waals surface area contributed by atoms with Gasteiger partial charge in [0.05, 0.1) is 24.3 Å². The molecule has 1 fully saturated rings. The second kappa shape index (κ2) is 7.22. The van der Waals surface area contributed by atoms with Crippen LogP contribution in [0.4, 0.5) is 5.95 Å². The molecular weight excluding hydrogens is 344 g/mol. The molecule has 1 aliphatic heterocycles. The van der Waals surface area contributed by atoms with Gasteiger partial charge >= 0.3 is 0 Å². The van der Waals surface area contributed by atoms with E-state index in [1.54, 1.807) is 18.4 Å². The minimum absolute atomic E-state index is 0.0963. The van der Waals surface area contributed by atoms with Gasteiger partial charge in [0.15, 0.2) is 9.84 Å². The van der Waals surface area contributed by atoms with Crippen LogP contribution in [0, 0.1) is 0 Å². The summed E-state index contributed by atoms with van der Waals surface area (Å²) in [5.74, 6) is 0.954. The van der Waals surface area contributed by atoms with Crippen molar-refractivity contribution in [1.29, 1.82) is 0 Å². The Balaban J connectivity index is 1.72. The first-order valence-corrected chi connectivity index (χ1v) is 9.91. The van der Waals surface area contributed by atoms with Crippen LogP contribution in [0.3, 0.4) is 0 Å². The molecule has 1 unspecified atom stereocenters. The Hall–Kier alpha value is -2.42. The van der Waals surface area contributed by atoms with E-state index in [1.807, 2.05) is 11.8 Å². The zero-order valence-electron chi connectivity index (χ0n) is 13.9. The van der Waals surface area contributed by atoms with Crippen LogP contribution in [0.15, 0.2) is 35.1 Å². The van der Waals surface area contributed by atoms with Crippen LogP contribution in [-0.2, 0) is 16.4 Å². The van der Waals surface area contributed by atoms with E-state index in [1.165, 1.54) is 12.3 Å². The Kier molecular flexibility index (Phi) is 5.03. The molecule has 0 saturated carbocycles. The number of hydrogen-bond acceptors (Lipinski definition) is 7. The van der Waals surface area contributed by atoms with Gasteiger partial charge in [-0.05, 0) is 31.5 Å². The lowest BCUT2D eigenvalue weighted by Crippen LogP contribution is -2.37. The fraction of sp³-hybridized carbons (Fsp3) is 0.438. The smallest absolute Gasteiger partial charge is 0.270 e. The number of sulfone groups is 1. The average molecular weight is 364 g/mol. The van der Waals surface area contributed by atoms with Crippen molar-refractivity contribution in [3.63, 3.8) is 0 Å². The van der Waals surface area contributed by atoms with Gasteiger partial charge in [0.1, 0.15) is 11.5 Å². The molecule has 1 N–H and O–H groups in total. The first kappa shape index (κ1) is 17.4. The van der Waals surface area contributed by atoms with Crippen LogP contribution in [0.2, 0.25) is 0 Å². The second-order valence-electron chi connectivity index (χ2n) is 5.85. The molecule has 0 aliphatic carbocycles. The summed E-state index contributed by atoms with van der Waals surface area (Å²) in [5.41, 5.74) is 0.232. The number of carbonyl (C=O) groups is 1. The summed E-state index contributed by atoms with van der Waals surface area (Å²) >= 11 is 0. The fourth-order valence-corrected chi connectivity index (χ4v) is 4.60. The molecule has 0 aromatic carbocycles. The second-order valence-corrected chi connectivity index (χ2v) is 8.08. The highest BCUT2D eigenvalue weighted by atomic mass is 32.2. The van der Waals surface area contributed by atoms with Crippen LogP contribution in [0.1, 0.15) is 29.6 Å². The number of rotatable bonds is 6. The van der Waals surface area contributed by atoms with Gasteiger partial charge in [-0.15, -0.1) is 0 Å². The Labute approximate surface area is 146 Å². The van der Waals surface area contributed by atoms with Gasteiger partial charge in [0, 0.05) is 18.8 Å². The van der Waals surface area contributed by atoms with Gasteiger partial charge in [-0.25, -0.2) is 18.4 Å². The summed E-state index contributed by atoms with van der Waals surface area (Å²) in [6.07, 6.45) is 3.60. The van der Waals surface area contributed by atoms with E-state index in [9.17, 15) is 13.2 Å². The zero-order valence-corrected chi connectivity index (χ0v) is 14.7. The molecule has 0 bridgehead atoms. The minimum Gasteiger partial charge on any atom is -0.467 e. The number of anilines is 1. The number of hydrogen-bond donors (Lipinski definition) is 1. The standard InChI is InChI=1S/C16H20N4O4S/c1-2-20(12-6-9-25(22,23)11-12)16-17-7-5-14(19-16)15(21)18-10-13-4-3-8-24-13/h3-5,7-8,12H,2,6,9-11H2,1H3,(H,18,21). The van der Waals surface area contributed by atoms with Crippen molar-refractivity contribution in [2.45, 2.75) is 25.9 Å². The third kappa shape index (κ3) is 4.16. The van der Waals surface area contributed by atoms with Gasteiger partial charge in [0.25, 0.3) is 5.91 Å². The maximum Gasteiger partial charge on any atom is 0.270 e. The largest absolute Gasteiger partial charge is 0.467 e. The van der Waals surface area contributed by atoms with Crippen LogP contribution in [-0.4, -0.2) is 48.4 Å². The predicted octanol–water partition coefficient (Wildman–Crippen LogP) is 1.01. The quantitative estimate of drug-likeness (QED) is 0.815. The first-order valence-electron chi connectivity index (χ1n) is 8.09. The van der Waals surface area contributed by atoms with Gasteiger partial charge in [0.2, 0.25) is 5.95 Å². The Morgan fingerprint density at radius 3 is 2.92 bits per heavy atom. The van der Waals surface area contributed by atoms with Gasteiger partial charge in [-0.1, -0.05) is 0 Å². The predicted molar refractivity (Wildman–Crippen MR) is 92.0 cm³/mol. The highest BCUT2D eigenvalue weighted by molar-refractivity contribution is 7.91. The molecule has 1 amide bonds. The minimum atomic E-state index is -3.01. The van der Waals surface area contributed by atoms with Gasteiger partial charge in [-0.3, -0.25) is 4.79 Å². The zero-order chi connectivity index (χ0) is 17.9. The Morgan fingerprint density at radius 2 is 2.28 bits per heavy atom. The van der Waals surface area contributed by atoms with Crippen molar-refractivity contribution in [2.24, 2.45) is 0 Å². The fourth-order valence-electron chi connectivity index (χ4n) is 2.87. The van der Waals surface area contributed by atoms with E-state index in [4.69, 9.17) is 4.42 Å². The molecular formula is C16H20N4O4S. The van der Waals surface area contributed by atoms with Crippen molar-refractivity contribution in [3.8, 4) is 0 Å². The van der Waals surface area contributed by atoms with Crippen molar-refractivity contribution in [2.75, 3.05) is 23.0 Å². The Morgan fingerprint density at radius 1 is 1.44 bits per heavy atom. The molecule has 3 heterocycles. The molecule has 25 heavy (non-hydrogen) atoms. The summed E-state index contributed by atoms with van der Waals surface area (Å²) in [4.78, 5) is 22.6. The van der Waals surface area contributed by atoms with Crippen LogP contribution in [0.25, 0.3) is 0 Å². The van der Waals surface area contributed by atoms with E-state index in [0.717, 1.165) is 0 Å². The normalized spacial score (nSPS) is 18.8. The lowest BCUT2D eigenvalue weighted by Gasteiger charge is -2.26. The number of carbonyl (C=O) groups excluding carboxylic acids is 1. The molecule has 1 saturated heterocycles. The molecule has 3 rings (SSSR count). The molecule has 9 heteroatoms. The summed E-state index contributed by atoms with van der Waals surface area (Å²) in [6, 6.07) is 4.89. The van der Waals surface area contributed by atoms with E-state index in [-0.39, 0.29) is 35.7 Å². The van der Waals surface area contributed by atoms with E-state index in [2.05, 4.69) is 15.3 Å². The third-order valence-electron chi connectivity index (χ3n) is 4.13. The Bertz CT molecular complexity index is 836. The van der Waals surface area contributed by atoms with E-state index < -0.39 is 9.84 Å². The average Bonchev–Trinajstić information content (AvgIpc) is 3.23. The first-order chi connectivity index (χ1) is 12.0. The monoisotopic (exact) mass is 364 g/mol. The van der Waals surface area contributed by atoms with Crippen molar-refractivity contribution < 1.29 is 17.6 Å². The number of aromatic nitrogens is 2. The summed E-state index contributed by atoms with van der Waals surface area (Å²) in [7, 11) is -3.01. The highest BCUT2D eigenvalue weighted by Gasteiger charge is 2.33. The van der Waals surface area contributed by atoms with Gasteiger partial charge in [-0.2, -0.15) is 0 Å². The molecule has 8 nitrogen and oxygen atoms in total. The lowest BCUT2D eigenvalue weighted by molar-refractivity contribution is 0.0943. The lowest BCUT2D eigenvalue weighted by atomic mass is 10.2. The number of nitrogens with one attached hydrogen (secondary N) is 1. The molecule has 1 atom stereocenters. The maximum atomic E-state index is 12.3. The third-order valence-corrected chi connectivity index (χ3v) is 5.88. The van der Waals surface area contributed by atoms with Crippen molar-refractivity contribution in [3.05, 3.63) is 42.1 Å². The molecule has 2 aromatic heterocycles. The van der Waals surface area contributed by atoms with Crippen molar-refractivity contribution >= 4 is 21.7 Å². The number of amides is 1. The van der Waals surface area contributed by atoms with Crippen LogP contribution < -0.4 is 10.2 Å². The number of nitrogens with zero attached hydrogens (tertiary/aromatic N) is 3.